The fourth-order valence-corrected chi connectivity index (χ4v) is 3.70. The molecule has 1 saturated heterocycles. The Kier molecular flexibility index (Phi) is 6.09. The summed E-state index contributed by atoms with van der Waals surface area (Å²) >= 11 is 0. The molecule has 0 radical (unpaired) electrons. The molecule has 148 valence electrons. The second-order valence-corrected chi connectivity index (χ2v) is 7.48. The van der Waals surface area contributed by atoms with E-state index in [0.29, 0.717) is 23.8 Å². The van der Waals surface area contributed by atoms with Crippen LogP contribution in [0.25, 0.3) is 0 Å². The minimum absolute atomic E-state index is 0.0280. The maximum atomic E-state index is 12.8. The van der Waals surface area contributed by atoms with Crippen molar-refractivity contribution in [2.45, 2.75) is 39.7 Å². The van der Waals surface area contributed by atoms with Crippen LogP contribution in [-0.2, 0) is 0 Å². The number of likely N-dealkylation sites (tertiary alicyclic amines) is 1. The number of non-ortho nitro benzene ring substituents is 1. The summed E-state index contributed by atoms with van der Waals surface area (Å²) in [6, 6.07) is 9.70. The van der Waals surface area contributed by atoms with Crippen molar-refractivity contribution in [3.8, 4) is 5.75 Å². The molecule has 0 amide bonds. The van der Waals surface area contributed by atoms with Gasteiger partial charge in [0.2, 0.25) is 0 Å². The van der Waals surface area contributed by atoms with Gasteiger partial charge in [-0.3, -0.25) is 19.8 Å². The first-order valence-electron chi connectivity index (χ1n) is 9.64. The molecule has 0 saturated carbocycles. The summed E-state index contributed by atoms with van der Waals surface area (Å²) in [5.74, 6) is 0.671. The van der Waals surface area contributed by atoms with E-state index < -0.39 is 4.92 Å². The molecule has 1 unspecified atom stereocenters. The van der Waals surface area contributed by atoms with E-state index in [4.69, 9.17) is 4.74 Å². The molecule has 0 spiro atoms. The van der Waals surface area contributed by atoms with Gasteiger partial charge in [-0.15, -0.1) is 0 Å². The minimum Gasteiger partial charge on any atom is -0.491 e. The second-order valence-electron chi connectivity index (χ2n) is 7.48. The molecule has 0 aliphatic carbocycles. The maximum Gasteiger partial charge on any atom is 0.269 e. The van der Waals surface area contributed by atoms with E-state index in [1.807, 2.05) is 26.0 Å². The average Bonchev–Trinajstić information content (AvgIpc) is 3.21. The van der Waals surface area contributed by atoms with Crippen molar-refractivity contribution in [3.05, 3.63) is 68.8 Å². The number of aryl methyl sites for hydroxylation is 2. The van der Waals surface area contributed by atoms with Gasteiger partial charge >= 0.3 is 0 Å². The van der Waals surface area contributed by atoms with E-state index in [1.165, 1.54) is 37.1 Å². The lowest BCUT2D eigenvalue weighted by atomic mass is 9.98. The predicted molar refractivity (Wildman–Crippen MR) is 108 cm³/mol. The smallest absolute Gasteiger partial charge is 0.269 e. The number of benzene rings is 2. The van der Waals surface area contributed by atoms with Gasteiger partial charge < -0.3 is 4.74 Å². The molecule has 2 aromatic rings. The molecule has 0 aromatic heterocycles. The van der Waals surface area contributed by atoms with Crippen LogP contribution in [0.15, 0.2) is 36.4 Å². The van der Waals surface area contributed by atoms with Crippen LogP contribution in [-0.4, -0.2) is 41.3 Å². The zero-order valence-corrected chi connectivity index (χ0v) is 16.6. The number of hydrogen-bond acceptors (Lipinski definition) is 5. The molecule has 1 aliphatic heterocycles. The maximum absolute atomic E-state index is 12.8. The molecule has 3 rings (SSSR count). The van der Waals surface area contributed by atoms with Gasteiger partial charge in [0, 0.05) is 29.3 Å². The van der Waals surface area contributed by atoms with Crippen molar-refractivity contribution in [1.82, 2.24) is 4.90 Å². The lowest BCUT2D eigenvalue weighted by Crippen LogP contribution is -2.35. The number of ether oxygens (including phenoxy) is 1. The molecule has 28 heavy (non-hydrogen) atoms. The summed E-state index contributed by atoms with van der Waals surface area (Å²) in [4.78, 5) is 25.5. The Hall–Kier alpha value is -2.73. The van der Waals surface area contributed by atoms with Crippen molar-refractivity contribution in [2.75, 3.05) is 19.7 Å². The molecule has 6 nitrogen and oxygen atoms in total. The van der Waals surface area contributed by atoms with Crippen molar-refractivity contribution >= 4 is 11.5 Å². The van der Waals surface area contributed by atoms with Gasteiger partial charge in [-0.25, -0.2) is 0 Å². The molecule has 1 fully saturated rings. The van der Waals surface area contributed by atoms with Crippen LogP contribution in [0.2, 0.25) is 0 Å². The van der Waals surface area contributed by atoms with E-state index in [-0.39, 0.29) is 11.5 Å². The van der Waals surface area contributed by atoms with Gasteiger partial charge in [0.15, 0.2) is 5.78 Å². The minimum atomic E-state index is -0.474. The molecule has 0 N–H and O–H groups in total. The topological polar surface area (TPSA) is 72.7 Å². The third-order valence-electron chi connectivity index (χ3n) is 5.30. The number of rotatable bonds is 7. The average molecular weight is 382 g/mol. The van der Waals surface area contributed by atoms with E-state index in [9.17, 15) is 14.9 Å². The second kappa shape index (κ2) is 8.52. The Morgan fingerprint density at radius 1 is 1.11 bits per heavy atom. The van der Waals surface area contributed by atoms with Gasteiger partial charge in [0.05, 0.1) is 4.92 Å². The molecule has 1 heterocycles. The number of nitro groups is 1. The van der Waals surface area contributed by atoms with Crippen LogP contribution in [0.1, 0.15) is 46.8 Å². The fraction of sp³-hybridized carbons (Fsp3) is 0.409. The third kappa shape index (κ3) is 4.39. The van der Waals surface area contributed by atoms with Gasteiger partial charge in [-0.1, -0.05) is 0 Å². The van der Waals surface area contributed by atoms with Gasteiger partial charge in [-0.2, -0.15) is 0 Å². The molecule has 6 heteroatoms. The number of ketones is 1. The largest absolute Gasteiger partial charge is 0.491 e. The summed E-state index contributed by atoms with van der Waals surface area (Å²) < 4.78 is 6.10. The highest BCUT2D eigenvalue weighted by atomic mass is 16.6. The Bertz CT molecular complexity index is 848. The Morgan fingerprint density at radius 2 is 1.68 bits per heavy atom. The summed E-state index contributed by atoms with van der Waals surface area (Å²) in [5, 5.41) is 10.8. The molecular formula is C22H26N2O4. The normalized spacial score (nSPS) is 15.4. The molecule has 2 aromatic carbocycles. The van der Waals surface area contributed by atoms with Gasteiger partial charge in [-0.05, 0) is 82.1 Å². The van der Waals surface area contributed by atoms with Crippen molar-refractivity contribution < 1.29 is 14.5 Å². The number of carbonyl (C=O) groups is 1. The molecule has 1 aliphatic rings. The van der Waals surface area contributed by atoms with Crippen LogP contribution in [0.5, 0.6) is 5.75 Å². The zero-order chi connectivity index (χ0) is 20.3. The van der Waals surface area contributed by atoms with Crippen LogP contribution in [0.4, 0.5) is 5.69 Å². The lowest BCUT2D eigenvalue weighted by molar-refractivity contribution is -0.384. The van der Waals surface area contributed by atoms with Gasteiger partial charge in [0.1, 0.15) is 12.4 Å². The lowest BCUT2D eigenvalue weighted by Gasteiger charge is -2.24. The highest BCUT2D eigenvalue weighted by Gasteiger charge is 2.20. The number of hydrogen-bond donors (Lipinski definition) is 0. The summed E-state index contributed by atoms with van der Waals surface area (Å²) in [6.07, 6.45) is 2.50. The summed E-state index contributed by atoms with van der Waals surface area (Å²) in [7, 11) is 0. The number of nitro benzene ring substituents is 1. The Morgan fingerprint density at radius 3 is 2.21 bits per heavy atom. The Balaban J connectivity index is 1.73. The monoisotopic (exact) mass is 382 g/mol. The quantitative estimate of drug-likeness (QED) is 0.405. The van der Waals surface area contributed by atoms with E-state index in [2.05, 4.69) is 11.8 Å². The van der Waals surface area contributed by atoms with Crippen LogP contribution >= 0.6 is 0 Å². The highest BCUT2D eigenvalue weighted by Crippen LogP contribution is 2.27. The van der Waals surface area contributed by atoms with Crippen molar-refractivity contribution in [2.24, 2.45) is 0 Å². The van der Waals surface area contributed by atoms with E-state index in [0.717, 1.165) is 30.0 Å². The van der Waals surface area contributed by atoms with Crippen LogP contribution in [0, 0.1) is 24.0 Å². The van der Waals surface area contributed by atoms with E-state index in [1.54, 1.807) is 0 Å². The standard InChI is InChI=1S/C22H26N2O4/c1-15-12-19(21(25)18-6-8-20(9-7-18)24(26)27)13-16(2)22(15)28-14-17(3)23-10-4-5-11-23/h6-9,12-13,17H,4-5,10-11,14H2,1-3H3. The van der Waals surface area contributed by atoms with Crippen molar-refractivity contribution in [3.63, 3.8) is 0 Å². The summed E-state index contributed by atoms with van der Waals surface area (Å²) in [6.45, 7) is 8.95. The van der Waals surface area contributed by atoms with Crippen LogP contribution < -0.4 is 4.74 Å². The Labute approximate surface area is 165 Å². The van der Waals surface area contributed by atoms with Crippen molar-refractivity contribution in [1.29, 1.82) is 0 Å². The van der Waals surface area contributed by atoms with Gasteiger partial charge in [0.25, 0.3) is 5.69 Å². The van der Waals surface area contributed by atoms with Crippen LogP contribution in [0.3, 0.4) is 0 Å². The molecular weight excluding hydrogens is 356 g/mol. The molecule has 0 bridgehead atoms. The van der Waals surface area contributed by atoms with E-state index >= 15 is 0 Å². The first-order chi connectivity index (χ1) is 13.4. The number of nitrogens with zero attached hydrogens (tertiary/aromatic N) is 2. The predicted octanol–water partition coefficient (Wildman–Crippen LogP) is 4.31. The zero-order valence-electron chi connectivity index (χ0n) is 16.6. The first kappa shape index (κ1) is 20.0. The fourth-order valence-electron chi connectivity index (χ4n) is 3.70. The molecule has 1 atom stereocenters. The first-order valence-corrected chi connectivity index (χ1v) is 9.64. The summed E-state index contributed by atoms with van der Waals surface area (Å²) in [5.41, 5.74) is 2.79. The third-order valence-corrected chi connectivity index (χ3v) is 5.30. The highest BCUT2D eigenvalue weighted by molar-refractivity contribution is 6.09. The number of carbonyl (C=O) groups excluding carboxylic acids is 1. The SMILES string of the molecule is Cc1cc(C(=O)c2ccc([N+](=O)[O-])cc2)cc(C)c1OCC(C)N1CCCC1.